The van der Waals surface area contributed by atoms with E-state index in [1.165, 1.54) is 6.42 Å². The maximum Gasteiger partial charge on any atom is 0.261 e. The first-order chi connectivity index (χ1) is 13.5. The number of ether oxygens (including phenoxy) is 1. The first-order valence-electron chi connectivity index (χ1n) is 10.6. The predicted octanol–water partition coefficient (Wildman–Crippen LogP) is 3.00. The number of carbonyl (C=O) groups excluding carboxylic acids is 1. The largest absolute Gasteiger partial charge is 0.480 e. The molecular weight excluding hydrogens is 376 g/mol. The Hall–Kier alpha value is -1.60. The molecule has 154 valence electrons. The molecule has 0 bridgehead atoms. The van der Waals surface area contributed by atoms with Crippen molar-refractivity contribution in [3.05, 3.63) is 23.8 Å². The molecule has 2 aliphatic heterocycles. The zero-order valence-corrected chi connectivity index (χ0v) is 17.2. The molecule has 1 aliphatic carbocycles. The highest BCUT2D eigenvalue weighted by atomic mass is 32.2. The maximum atomic E-state index is 13.0. The van der Waals surface area contributed by atoms with Crippen molar-refractivity contribution in [2.75, 3.05) is 13.1 Å². The minimum absolute atomic E-state index is 0.0833. The molecule has 1 saturated heterocycles. The summed E-state index contributed by atoms with van der Waals surface area (Å²) in [6.45, 7) is 1.17. The predicted molar refractivity (Wildman–Crippen MR) is 107 cm³/mol. The summed E-state index contributed by atoms with van der Waals surface area (Å²) >= 11 is 0. The molecule has 1 atom stereocenters. The van der Waals surface area contributed by atoms with E-state index < -0.39 is 16.1 Å². The van der Waals surface area contributed by atoms with E-state index in [2.05, 4.69) is 5.32 Å². The van der Waals surface area contributed by atoms with Crippen molar-refractivity contribution in [1.29, 1.82) is 0 Å². The molecule has 2 fully saturated rings. The second kappa shape index (κ2) is 8.41. The fraction of sp³-hybridized carbons (Fsp3) is 0.667. The molecule has 1 N–H and O–H groups in total. The Labute approximate surface area is 167 Å². The second-order valence-corrected chi connectivity index (χ2v) is 10.2. The molecule has 28 heavy (non-hydrogen) atoms. The summed E-state index contributed by atoms with van der Waals surface area (Å²) in [6, 6.07) is 5.25. The van der Waals surface area contributed by atoms with Gasteiger partial charge in [-0.1, -0.05) is 32.1 Å². The average molecular weight is 407 g/mol. The summed E-state index contributed by atoms with van der Waals surface area (Å²) in [5.74, 6) is 0.540. The maximum absolute atomic E-state index is 13.0. The van der Waals surface area contributed by atoms with Crippen molar-refractivity contribution in [2.45, 2.75) is 81.2 Å². The number of amides is 1. The van der Waals surface area contributed by atoms with E-state index in [0.717, 1.165) is 56.9 Å². The van der Waals surface area contributed by atoms with Gasteiger partial charge in [-0.3, -0.25) is 4.79 Å². The Morgan fingerprint density at radius 1 is 1.00 bits per heavy atom. The molecule has 2 heterocycles. The molecule has 1 aromatic rings. The van der Waals surface area contributed by atoms with Gasteiger partial charge in [0.2, 0.25) is 10.0 Å². The first kappa shape index (κ1) is 19.7. The molecule has 6 nitrogen and oxygen atoms in total. The van der Waals surface area contributed by atoms with Gasteiger partial charge < -0.3 is 10.1 Å². The first-order valence-corrected chi connectivity index (χ1v) is 12.1. The lowest BCUT2D eigenvalue weighted by molar-refractivity contribution is -0.128. The van der Waals surface area contributed by atoms with E-state index in [1.807, 2.05) is 0 Å². The van der Waals surface area contributed by atoms with Gasteiger partial charge in [-0.25, -0.2) is 8.42 Å². The zero-order valence-electron chi connectivity index (χ0n) is 16.4. The third kappa shape index (κ3) is 4.20. The zero-order chi connectivity index (χ0) is 19.6. The quantitative estimate of drug-likeness (QED) is 0.834. The van der Waals surface area contributed by atoms with Crippen LogP contribution in [0.25, 0.3) is 0 Å². The number of carbonyl (C=O) groups is 1. The van der Waals surface area contributed by atoms with Gasteiger partial charge in [0.1, 0.15) is 5.75 Å². The number of hydrogen-bond donors (Lipinski definition) is 1. The Kier molecular flexibility index (Phi) is 5.92. The van der Waals surface area contributed by atoms with Crippen LogP contribution in [-0.4, -0.2) is 43.9 Å². The number of nitrogens with one attached hydrogen (secondary N) is 1. The number of hydrogen-bond acceptors (Lipinski definition) is 4. The molecule has 0 spiro atoms. The molecule has 1 unspecified atom stereocenters. The summed E-state index contributed by atoms with van der Waals surface area (Å²) < 4.78 is 33.5. The van der Waals surface area contributed by atoms with E-state index in [1.54, 1.807) is 22.5 Å². The van der Waals surface area contributed by atoms with Crippen molar-refractivity contribution < 1.29 is 17.9 Å². The molecule has 1 amide bonds. The standard InChI is InChI=1S/C21H30N2O4S/c24-21(22-17-8-4-3-5-9-17)20-15-16-14-18(10-11-19(16)27-20)28(25,26)23-12-6-1-2-7-13-23/h10-11,14,17,20H,1-9,12-13,15H2,(H,22,24). The Morgan fingerprint density at radius 2 is 1.68 bits per heavy atom. The molecular formula is C21H30N2O4S. The fourth-order valence-electron chi connectivity index (χ4n) is 4.50. The van der Waals surface area contributed by atoms with E-state index in [4.69, 9.17) is 4.74 Å². The fourth-order valence-corrected chi connectivity index (χ4v) is 6.07. The van der Waals surface area contributed by atoms with Crippen LogP contribution < -0.4 is 10.1 Å². The Morgan fingerprint density at radius 3 is 2.39 bits per heavy atom. The average Bonchev–Trinajstić information content (AvgIpc) is 2.93. The highest BCUT2D eigenvalue weighted by Gasteiger charge is 2.33. The smallest absolute Gasteiger partial charge is 0.261 e. The third-order valence-corrected chi connectivity index (χ3v) is 8.05. The number of fused-ring (bicyclic) bond motifs is 1. The van der Waals surface area contributed by atoms with E-state index in [0.29, 0.717) is 30.2 Å². The van der Waals surface area contributed by atoms with E-state index >= 15 is 0 Å². The van der Waals surface area contributed by atoms with Gasteiger partial charge in [0.05, 0.1) is 4.90 Å². The molecule has 4 rings (SSSR count). The van der Waals surface area contributed by atoms with Crippen LogP contribution in [0.3, 0.4) is 0 Å². The number of nitrogens with zero attached hydrogens (tertiary/aromatic N) is 1. The van der Waals surface area contributed by atoms with Crippen molar-refractivity contribution in [3.63, 3.8) is 0 Å². The molecule has 0 radical (unpaired) electrons. The topological polar surface area (TPSA) is 75.7 Å². The van der Waals surface area contributed by atoms with Crippen LogP contribution in [-0.2, 0) is 21.2 Å². The van der Waals surface area contributed by atoms with Gasteiger partial charge in [0, 0.05) is 25.6 Å². The summed E-state index contributed by atoms with van der Waals surface area (Å²) in [6.07, 6.45) is 9.49. The highest BCUT2D eigenvalue weighted by Crippen LogP contribution is 2.32. The molecule has 0 aromatic heterocycles. The molecule has 3 aliphatic rings. The lowest BCUT2D eigenvalue weighted by Gasteiger charge is -2.24. The van der Waals surface area contributed by atoms with Gasteiger partial charge >= 0.3 is 0 Å². The second-order valence-electron chi connectivity index (χ2n) is 8.24. The lowest BCUT2D eigenvalue weighted by Crippen LogP contribution is -2.44. The van der Waals surface area contributed by atoms with Crippen molar-refractivity contribution in [2.24, 2.45) is 0 Å². The Bertz CT molecular complexity index is 810. The van der Waals surface area contributed by atoms with Crippen LogP contribution in [0.2, 0.25) is 0 Å². The normalized spacial score (nSPS) is 24.2. The summed E-state index contributed by atoms with van der Waals surface area (Å²) in [5, 5.41) is 3.11. The van der Waals surface area contributed by atoms with Crippen molar-refractivity contribution in [3.8, 4) is 5.75 Å². The minimum Gasteiger partial charge on any atom is -0.480 e. The summed E-state index contributed by atoms with van der Waals surface area (Å²) in [5.41, 5.74) is 0.805. The third-order valence-electron chi connectivity index (χ3n) is 6.15. The number of rotatable bonds is 4. The van der Waals surface area contributed by atoms with E-state index in [-0.39, 0.29) is 11.9 Å². The van der Waals surface area contributed by atoms with Crippen molar-refractivity contribution in [1.82, 2.24) is 9.62 Å². The Balaban J connectivity index is 1.44. The van der Waals surface area contributed by atoms with Gasteiger partial charge in [-0.05, 0) is 49.4 Å². The van der Waals surface area contributed by atoms with Gasteiger partial charge in [0.15, 0.2) is 6.10 Å². The van der Waals surface area contributed by atoms with Gasteiger partial charge in [-0.15, -0.1) is 0 Å². The minimum atomic E-state index is -3.49. The van der Waals surface area contributed by atoms with Crippen LogP contribution in [0.4, 0.5) is 0 Å². The van der Waals surface area contributed by atoms with Crippen LogP contribution in [0.5, 0.6) is 5.75 Å². The molecule has 1 saturated carbocycles. The number of sulfonamides is 1. The number of benzene rings is 1. The van der Waals surface area contributed by atoms with Gasteiger partial charge in [-0.2, -0.15) is 4.31 Å². The van der Waals surface area contributed by atoms with E-state index in [9.17, 15) is 13.2 Å². The van der Waals surface area contributed by atoms with Crippen LogP contribution in [0.1, 0.15) is 63.4 Å². The van der Waals surface area contributed by atoms with Crippen LogP contribution >= 0.6 is 0 Å². The van der Waals surface area contributed by atoms with Gasteiger partial charge in [0.25, 0.3) is 5.91 Å². The lowest BCUT2D eigenvalue weighted by atomic mass is 9.95. The van der Waals surface area contributed by atoms with Crippen LogP contribution in [0, 0.1) is 0 Å². The summed E-state index contributed by atoms with van der Waals surface area (Å²) in [4.78, 5) is 12.9. The SMILES string of the molecule is O=C(NC1CCCCC1)C1Cc2cc(S(=O)(=O)N3CCCCCC3)ccc2O1. The molecule has 1 aromatic carbocycles. The summed E-state index contributed by atoms with van der Waals surface area (Å²) in [7, 11) is -3.49. The monoisotopic (exact) mass is 406 g/mol. The highest BCUT2D eigenvalue weighted by molar-refractivity contribution is 7.89. The molecule has 7 heteroatoms. The van der Waals surface area contributed by atoms with Crippen molar-refractivity contribution >= 4 is 15.9 Å². The van der Waals surface area contributed by atoms with Crippen LogP contribution in [0.15, 0.2) is 23.1 Å².